The van der Waals surface area contributed by atoms with Crippen LogP contribution in [0.15, 0.2) is 66.7 Å². The van der Waals surface area contributed by atoms with Crippen molar-refractivity contribution in [3.63, 3.8) is 0 Å². The summed E-state index contributed by atoms with van der Waals surface area (Å²) >= 11 is 0. The molecule has 0 radical (unpaired) electrons. The molecule has 1 atom stereocenters. The van der Waals surface area contributed by atoms with Gasteiger partial charge in [-0.2, -0.15) is 8.78 Å². The number of carbonyl (C=O) groups is 1. The molecule has 212 valence electrons. The Morgan fingerprint density at radius 2 is 1.49 bits per heavy atom. The minimum absolute atomic E-state index is 0.0912. The molecule has 0 aliphatic rings. The number of ether oxygens (including phenoxy) is 1. The molecule has 0 unspecified atom stereocenters. The van der Waals surface area contributed by atoms with E-state index >= 15 is 0 Å². The lowest BCUT2D eigenvalue weighted by Gasteiger charge is -2.40. The number of halogens is 4. The lowest BCUT2D eigenvalue weighted by Crippen LogP contribution is -2.48. The number of benzene rings is 3. The van der Waals surface area contributed by atoms with Crippen LogP contribution in [-0.2, 0) is 23.2 Å². The van der Waals surface area contributed by atoms with Crippen LogP contribution in [0.5, 0.6) is 5.75 Å². The highest BCUT2D eigenvalue weighted by Crippen LogP contribution is 2.39. The third-order valence-electron chi connectivity index (χ3n) is 6.52. The molecule has 0 aliphatic carbocycles. The number of alkyl halides is 4. The van der Waals surface area contributed by atoms with Gasteiger partial charge in [-0.3, -0.25) is 0 Å². The van der Waals surface area contributed by atoms with E-state index in [0.717, 1.165) is 27.8 Å². The first-order valence-electron chi connectivity index (χ1n) is 12.8. The van der Waals surface area contributed by atoms with Gasteiger partial charge in [-0.25, -0.2) is 8.78 Å². The van der Waals surface area contributed by atoms with E-state index in [4.69, 9.17) is 9.53 Å². The van der Waals surface area contributed by atoms with Crippen molar-refractivity contribution in [2.75, 3.05) is 13.7 Å². The first-order chi connectivity index (χ1) is 18.3. The second-order valence-electron chi connectivity index (χ2n) is 11.1. The molecule has 0 aliphatic heterocycles. The van der Waals surface area contributed by atoms with Crippen molar-refractivity contribution in [2.45, 2.75) is 65.3 Å². The van der Waals surface area contributed by atoms with E-state index in [0.29, 0.717) is 18.7 Å². The predicted octanol–water partition coefficient (Wildman–Crippen LogP) is 7.69. The standard InChI is InChI=1S/C31H37F4NO.CH2O/c1-21-14-24(19-31(34,35)28(32)33)16-26(15-21)30(36-20-29(3,4)5,18-23-10-8-7-9-11-23)25-13-12-22(2)27(17-25)37-6;1-2/h7-17,28,36H,18-20H2,1-6H3;1H2/t30-;/m1./s1. The first-order valence-corrected chi connectivity index (χ1v) is 12.8. The second kappa shape index (κ2) is 13.2. The van der Waals surface area contributed by atoms with Crippen molar-refractivity contribution in [1.29, 1.82) is 0 Å². The summed E-state index contributed by atoms with van der Waals surface area (Å²) in [4.78, 5) is 8.00. The molecule has 7 heteroatoms. The predicted molar refractivity (Wildman–Crippen MR) is 149 cm³/mol. The molecule has 3 aromatic carbocycles. The maximum Gasteiger partial charge on any atom is 0.311 e. The normalized spacial score (nSPS) is 13.4. The third-order valence-corrected chi connectivity index (χ3v) is 6.52. The molecule has 3 rings (SSSR count). The fourth-order valence-electron chi connectivity index (χ4n) is 4.60. The Balaban J connectivity index is 0.00000260. The number of carbonyl (C=O) groups excluding carboxylic acids is 1. The van der Waals surface area contributed by atoms with E-state index in [2.05, 4.69) is 26.1 Å². The van der Waals surface area contributed by atoms with Crippen LogP contribution in [0.2, 0.25) is 0 Å². The van der Waals surface area contributed by atoms with Gasteiger partial charge in [0.1, 0.15) is 12.5 Å². The maximum atomic E-state index is 14.1. The van der Waals surface area contributed by atoms with Gasteiger partial charge in [0.25, 0.3) is 0 Å². The van der Waals surface area contributed by atoms with E-state index in [1.807, 2.05) is 68.3 Å². The fourth-order valence-corrected chi connectivity index (χ4v) is 4.60. The molecule has 0 amide bonds. The van der Waals surface area contributed by atoms with Crippen LogP contribution < -0.4 is 10.1 Å². The summed E-state index contributed by atoms with van der Waals surface area (Å²) in [5.74, 6) is -3.40. The monoisotopic (exact) mass is 545 g/mol. The summed E-state index contributed by atoms with van der Waals surface area (Å²) < 4.78 is 60.1. The molecule has 3 nitrogen and oxygen atoms in total. The highest BCUT2D eigenvalue weighted by atomic mass is 19.3. The van der Waals surface area contributed by atoms with E-state index in [1.54, 1.807) is 26.2 Å². The Morgan fingerprint density at radius 1 is 0.846 bits per heavy atom. The van der Waals surface area contributed by atoms with E-state index < -0.39 is 24.3 Å². The lowest BCUT2D eigenvalue weighted by molar-refractivity contribution is -0.127. The number of methoxy groups -OCH3 is 1. The van der Waals surface area contributed by atoms with Crippen molar-refractivity contribution in [3.05, 3.63) is 100 Å². The number of aryl methyl sites for hydroxylation is 2. The quantitative estimate of drug-likeness (QED) is 0.266. The topological polar surface area (TPSA) is 38.3 Å². The minimum atomic E-state index is -4.11. The average molecular weight is 546 g/mol. The van der Waals surface area contributed by atoms with Crippen LogP contribution in [-0.4, -0.2) is 32.8 Å². The molecule has 0 saturated heterocycles. The van der Waals surface area contributed by atoms with E-state index in [-0.39, 0.29) is 11.0 Å². The summed E-state index contributed by atoms with van der Waals surface area (Å²) in [6.45, 7) is 12.7. The lowest BCUT2D eigenvalue weighted by atomic mass is 9.75. The zero-order valence-corrected chi connectivity index (χ0v) is 23.6. The average Bonchev–Trinajstić information content (AvgIpc) is 2.87. The van der Waals surface area contributed by atoms with Gasteiger partial charge in [0.15, 0.2) is 0 Å². The molecule has 0 aromatic heterocycles. The van der Waals surface area contributed by atoms with Crippen molar-refractivity contribution in [1.82, 2.24) is 5.32 Å². The van der Waals surface area contributed by atoms with Crippen LogP contribution in [0.25, 0.3) is 0 Å². The van der Waals surface area contributed by atoms with E-state index in [1.165, 1.54) is 0 Å². The molecule has 1 N–H and O–H groups in total. The van der Waals surface area contributed by atoms with Crippen molar-refractivity contribution in [3.8, 4) is 5.75 Å². The number of hydrogen-bond acceptors (Lipinski definition) is 3. The molecule has 0 heterocycles. The van der Waals surface area contributed by atoms with Crippen LogP contribution in [0.1, 0.15) is 54.2 Å². The molecule has 3 aromatic rings. The third kappa shape index (κ3) is 8.40. The van der Waals surface area contributed by atoms with Gasteiger partial charge in [0.2, 0.25) is 0 Å². The zero-order valence-electron chi connectivity index (χ0n) is 23.6. The molecule has 0 bridgehead atoms. The van der Waals surface area contributed by atoms with Crippen molar-refractivity contribution >= 4 is 6.79 Å². The Kier molecular flexibility index (Phi) is 10.9. The molecule has 0 fully saturated rings. The van der Waals surface area contributed by atoms with Crippen LogP contribution >= 0.6 is 0 Å². The van der Waals surface area contributed by atoms with Gasteiger partial charge in [-0.15, -0.1) is 0 Å². The highest BCUT2D eigenvalue weighted by Gasteiger charge is 2.42. The Bertz CT molecular complexity index is 1210. The molecular weight excluding hydrogens is 506 g/mol. The van der Waals surface area contributed by atoms with Gasteiger partial charge < -0.3 is 14.8 Å². The molecule has 0 saturated carbocycles. The summed E-state index contributed by atoms with van der Waals surface area (Å²) in [6, 6.07) is 21.1. The van der Waals surface area contributed by atoms with Crippen molar-refractivity contribution < 1.29 is 27.1 Å². The molecular formula is C32H39F4NO2. The summed E-state index contributed by atoms with van der Waals surface area (Å²) in [7, 11) is 1.62. The highest BCUT2D eigenvalue weighted by molar-refractivity contribution is 5.48. The maximum absolute atomic E-state index is 14.1. The Labute approximate surface area is 229 Å². The van der Waals surface area contributed by atoms with Crippen LogP contribution in [0, 0.1) is 19.3 Å². The van der Waals surface area contributed by atoms with Gasteiger partial charge >= 0.3 is 12.3 Å². The van der Waals surface area contributed by atoms with Crippen LogP contribution in [0.3, 0.4) is 0 Å². The first kappa shape index (κ1) is 32.0. The summed E-state index contributed by atoms with van der Waals surface area (Å²) in [6.07, 6.45) is -4.24. The van der Waals surface area contributed by atoms with Gasteiger partial charge in [-0.05, 0) is 59.6 Å². The Hall–Kier alpha value is -3.19. The number of rotatable bonds is 10. The second-order valence-corrected chi connectivity index (χ2v) is 11.1. The van der Waals surface area contributed by atoms with Crippen molar-refractivity contribution in [2.24, 2.45) is 5.41 Å². The van der Waals surface area contributed by atoms with Crippen LogP contribution in [0.4, 0.5) is 17.6 Å². The largest absolute Gasteiger partial charge is 0.496 e. The SMILES string of the molecule is C=O.COc1cc([C@@](Cc2ccccc2)(NCC(C)(C)C)c2cc(C)cc(CC(F)(F)C(F)F)c2)ccc1C. The van der Waals surface area contributed by atoms with Gasteiger partial charge in [0, 0.05) is 13.0 Å². The summed E-state index contributed by atoms with van der Waals surface area (Å²) in [5, 5.41) is 3.77. The summed E-state index contributed by atoms with van der Waals surface area (Å²) in [5.41, 5.74) is 3.64. The minimum Gasteiger partial charge on any atom is -0.496 e. The van der Waals surface area contributed by atoms with Gasteiger partial charge in [-0.1, -0.05) is 87.0 Å². The fraction of sp³-hybridized carbons (Fsp3) is 0.406. The number of hydrogen-bond donors (Lipinski definition) is 1. The molecule has 39 heavy (non-hydrogen) atoms. The Morgan fingerprint density at radius 3 is 2.05 bits per heavy atom. The number of nitrogens with one attached hydrogen (secondary N) is 1. The van der Waals surface area contributed by atoms with Gasteiger partial charge in [0.05, 0.1) is 12.6 Å². The zero-order chi connectivity index (χ0) is 29.4. The molecule has 0 spiro atoms. The smallest absolute Gasteiger partial charge is 0.311 e. The van der Waals surface area contributed by atoms with E-state index in [9.17, 15) is 17.6 Å².